The summed E-state index contributed by atoms with van der Waals surface area (Å²) < 4.78 is 10.9. The van der Waals surface area contributed by atoms with Crippen molar-refractivity contribution in [2.75, 3.05) is 32.1 Å². The summed E-state index contributed by atoms with van der Waals surface area (Å²) >= 11 is 0. The van der Waals surface area contributed by atoms with Gasteiger partial charge in [0.2, 0.25) is 5.91 Å². The number of ketones is 1. The van der Waals surface area contributed by atoms with Gasteiger partial charge in [-0.3, -0.25) is 14.5 Å². The summed E-state index contributed by atoms with van der Waals surface area (Å²) in [6.45, 7) is 7.41. The van der Waals surface area contributed by atoms with Crippen molar-refractivity contribution in [1.82, 2.24) is 4.90 Å². The van der Waals surface area contributed by atoms with Crippen LogP contribution in [-0.4, -0.2) is 43.4 Å². The SMILES string of the molecule is CCOc1ccc(C(C)=O)cc1CN(CC)CC(=O)Nc1cccc(OC)c1. The van der Waals surface area contributed by atoms with E-state index >= 15 is 0 Å². The molecule has 2 aromatic rings. The van der Waals surface area contributed by atoms with Gasteiger partial charge < -0.3 is 14.8 Å². The lowest BCUT2D eigenvalue weighted by Crippen LogP contribution is -2.33. The number of ether oxygens (including phenoxy) is 2. The van der Waals surface area contributed by atoms with Gasteiger partial charge in [-0.05, 0) is 50.7 Å². The molecule has 2 aromatic carbocycles. The minimum Gasteiger partial charge on any atom is -0.497 e. The number of rotatable bonds is 10. The summed E-state index contributed by atoms with van der Waals surface area (Å²) in [5, 5.41) is 2.89. The highest BCUT2D eigenvalue weighted by Gasteiger charge is 2.14. The van der Waals surface area contributed by atoms with Gasteiger partial charge in [-0.25, -0.2) is 0 Å². The Bertz CT molecular complexity index is 820. The molecule has 0 aromatic heterocycles. The second-order valence-corrected chi connectivity index (χ2v) is 6.40. The van der Waals surface area contributed by atoms with Gasteiger partial charge in [-0.15, -0.1) is 0 Å². The molecule has 0 aliphatic carbocycles. The second kappa shape index (κ2) is 10.5. The van der Waals surface area contributed by atoms with E-state index in [2.05, 4.69) is 5.32 Å². The fourth-order valence-corrected chi connectivity index (χ4v) is 2.84. The van der Waals surface area contributed by atoms with Crippen LogP contribution >= 0.6 is 0 Å². The van der Waals surface area contributed by atoms with Crippen molar-refractivity contribution in [3.8, 4) is 11.5 Å². The number of amides is 1. The van der Waals surface area contributed by atoms with Crippen LogP contribution < -0.4 is 14.8 Å². The van der Waals surface area contributed by atoms with E-state index in [1.54, 1.807) is 26.2 Å². The molecule has 1 amide bonds. The van der Waals surface area contributed by atoms with E-state index < -0.39 is 0 Å². The molecule has 0 saturated carbocycles. The smallest absolute Gasteiger partial charge is 0.238 e. The van der Waals surface area contributed by atoms with Crippen molar-refractivity contribution in [2.24, 2.45) is 0 Å². The number of hydrogen-bond acceptors (Lipinski definition) is 5. The van der Waals surface area contributed by atoms with Crippen LogP contribution in [0.5, 0.6) is 11.5 Å². The van der Waals surface area contributed by atoms with Gasteiger partial charge in [0.1, 0.15) is 11.5 Å². The number of carbonyl (C=O) groups is 2. The van der Waals surface area contributed by atoms with Gasteiger partial charge in [-0.1, -0.05) is 13.0 Å². The Kier molecular flexibility index (Phi) is 8.02. The van der Waals surface area contributed by atoms with Crippen molar-refractivity contribution in [3.63, 3.8) is 0 Å². The summed E-state index contributed by atoms with van der Waals surface area (Å²) in [5.41, 5.74) is 2.22. The van der Waals surface area contributed by atoms with Crippen molar-refractivity contribution >= 4 is 17.4 Å². The second-order valence-electron chi connectivity index (χ2n) is 6.40. The predicted octanol–water partition coefficient (Wildman–Crippen LogP) is 3.76. The van der Waals surface area contributed by atoms with Gasteiger partial charge >= 0.3 is 0 Å². The van der Waals surface area contributed by atoms with E-state index in [0.29, 0.717) is 36.7 Å². The van der Waals surface area contributed by atoms with Crippen molar-refractivity contribution in [1.29, 1.82) is 0 Å². The van der Waals surface area contributed by atoms with E-state index in [0.717, 1.165) is 11.3 Å². The molecule has 0 saturated heterocycles. The van der Waals surface area contributed by atoms with Crippen LogP contribution in [0.4, 0.5) is 5.69 Å². The molecule has 28 heavy (non-hydrogen) atoms. The van der Waals surface area contributed by atoms with E-state index in [9.17, 15) is 9.59 Å². The zero-order valence-corrected chi connectivity index (χ0v) is 17.0. The number of Topliss-reactive ketones (excluding diaryl/α,β-unsaturated/α-hetero) is 1. The summed E-state index contributed by atoms with van der Waals surface area (Å²) in [4.78, 5) is 26.2. The molecule has 0 bridgehead atoms. The van der Waals surface area contributed by atoms with Crippen LogP contribution in [0.3, 0.4) is 0 Å². The minimum atomic E-state index is -0.115. The number of anilines is 1. The number of hydrogen-bond donors (Lipinski definition) is 1. The number of likely N-dealkylation sites (N-methyl/N-ethyl adjacent to an activating group) is 1. The standard InChI is InChI=1S/C22H28N2O4/c1-5-24(15-22(26)23-19-8-7-9-20(13-19)27-4)14-18-12-17(16(3)25)10-11-21(18)28-6-2/h7-13H,5-6,14-15H2,1-4H3,(H,23,26). The highest BCUT2D eigenvalue weighted by atomic mass is 16.5. The molecule has 6 heteroatoms. The molecule has 1 N–H and O–H groups in total. The summed E-state index contributed by atoms with van der Waals surface area (Å²) in [7, 11) is 1.59. The van der Waals surface area contributed by atoms with Crippen molar-refractivity contribution in [2.45, 2.75) is 27.3 Å². The largest absolute Gasteiger partial charge is 0.497 e. The molecule has 6 nitrogen and oxygen atoms in total. The molecule has 0 fully saturated rings. The summed E-state index contributed by atoms with van der Waals surface area (Å²) in [6.07, 6.45) is 0. The maximum Gasteiger partial charge on any atom is 0.238 e. The van der Waals surface area contributed by atoms with Gasteiger partial charge in [-0.2, -0.15) is 0 Å². The molecular formula is C22H28N2O4. The number of methoxy groups -OCH3 is 1. The van der Waals surface area contributed by atoms with Crippen LogP contribution in [0.2, 0.25) is 0 Å². The average Bonchev–Trinajstić information content (AvgIpc) is 2.68. The van der Waals surface area contributed by atoms with Crippen molar-refractivity contribution in [3.05, 3.63) is 53.6 Å². The normalized spacial score (nSPS) is 10.6. The molecule has 0 aliphatic heterocycles. The maximum atomic E-state index is 12.5. The third kappa shape index (κ3) is 6.09. The Morgan fingerprint density at radius 2 is 1.89 bits per heavy atom. The molecule has 0 heterocycles. The minimum absolute atomic E-state index is 0.00288. The molecule has 2 rings (SSSR count). The van der Waals surface area contributed by atoms with Crippen LogP contribution in [-0.2, 0) is 11.3 Å². The third-order valence-corrected chi connectivity index (χ3v) is 4.33. The predicted molar refractivity (Wildman–Crippen MR) is 110 cm³/mol. The number of nitrogens with one attached hydrogen (secondary N) is 1. The van der Waals surface area contributed by atoms with E-state index in [-0.39, 0.29) is 18.2 Å². The Hall–Kier alpha value is -2.86. The zero-order valence-electron chi connectivity index (χ0n) is 17.0. The quantitative estimate of drug-likeness (QED) is 0.632. The average molecular weight is 384 g/mol. The van der Waals surface area contributed by atoms with Crippen LogP contribution in [0, 0.1) is 0 Å². The van der Waals surface area contributed by atoms with Crippen molar-refractivity contribution < 1.29 is 19.1 Å². The summed E-state index contributed by atoms with van der Waals surface area (Å²) in [5.74, 6) is 1.31. The van der Waals surface area contributed by atoms with Crippen LogP contribution in [0.15, 0.2) is 42.5 Å². The topological polar surface area (TPSA) is 67.9 Å². The third-order valence-electron chi connectivity index (χ3n) is 4.33. The van der Waals surface area contributed by atoms with E-state index in [1.807, 2.05) is 49.1 Å². The van der Waals surface area contributed by atoms with Gasteiger partial charge in [0.25, 0.3) is 0 Å². The fraction of sp³-hybridized carbons (Fsp3) is 0.364. The lowest BCUT2D eigenvalue weighted by molar-refractivity contribution is -0.117. The molecule has 150 valence electrons. The number of nitrogens with zero attached hydrogens (tertiary/aromatic N) is 1. The first-order valence-electron chi connectivity index (χ1n) is 9.39. The van der Waals surface area contributed by atoms with Gasteiger partial charge in [0.15, 0.2) is 5.78 Å². The maximum absolute atomic E-state index is 12.5. The van der Waals surface area contributed by atoms with E-state index in [1.165, 1.54) is 0 Å². The molecular weight excluding hydrogens is 356 g/mol. The van der Waals surface area contributed by atoms with Crippen LogP contribution in [0.25, 0.3) is 0 Å². The number of carbonyl (C=O) groups excluding carboxylic acids is 2. The zero-order chi connectivity index (χ0) is 20.5. The summed E-state index contributed by atoms with van der Waals surface area (Å²) in [6, 6.07) is 12.7. The molecule has 0 spiro atoms. The fourth-order valence-electron chi connectivity index (χ4n) is 2.84. The first-order chi connectivity index (χ1) is 13.5. The first-order valence-corrected chi connectivity index (χ1v) is 9.39. The van der Waals surface area contributed by atoms with E-state index in [4.69, 9.17) is 9.47 Å². The molecule has 0 radical (unpaired) electrons. The molecule has 0 unspecified atom stereocenters. The lowest BCUT2D eigenvalue weighted by atomic mass is 10.1. The monoisotopic (exact) mass is 384 g/mol. The Balaban J connectivity index is 2.09. The lowest BCUT2D eigenvalue weighted by Gasteiger charge is -2.22. The van der Waals surface area contributed by atoms with Gasteiger partial charge in [0.05, 0.1) is 20.3 Å². The number of benzene rings is 2. The highest BCUT2D eigenvalue weighted by molar-refractivity contribution is 5.94. The Labute approximate surface area is 166 Å². The Morgan fingerprint density at radius 3 is 2.54 bits per heavy atom. The highest BCUT2D eigenvalue weighted by Crippen LogP contribution is 2.23. The van der Waals surface area contributed by atoms with Gasteiger partial charge in [0, 0.05) is 29.4 Å². The van der Waals surface area contributed by atoms with Crippen LogP contribution in [0.1, 0.15) is 36.7 Å². The first kappa shape index (κ1) is 21.4. The molecule has 0 aliphatic rings. The molecule has 0 atom stereocenters. The Morgan fingerprint density at radius 1 is 1.11 bits per heavy atom.